The average Bonchev–Trinajstić information content (AvgIpc) is 3.08. The number of aryl methyl sites for hydroxylation is 1. The summed E-state index contributed by atoms with van der Waals surface area (Å²) in [5.41, 5.74) is 3.13. The molecule has 0 aliphatic heterocycles. The predicted octanol–water partition coefficient (Wildman–Crippen LogP) is 4.80. The minimum atomic E-state index is 0.111. The molecule has 4 rings (SSSR count). The summed E-state index contributed by atoms with van der Waals surface area (Å²) in [6, 6.07) is 24.7. The van der Waals surface area contributed by atoms with Gasteiger partial charge in [-0.25, -0.2) is 4.98 Å². The molecule has 0 unspecified atom stereocenters. The molecule has 4 aromatic rings. The van der Waals surface area contributed by atoms with Crippen molar-refractivity contribution >= 4 is 10.8 Å². The number of nitrogens with zero attached hydrogens (tertiary/aromatic N) is 2. The van der Waals surface area contributed by atoms with Gasteiger partial charge in [-0.3, -0.25) is 4.90 Å². The van der Waals surface area contributed by atoms with Crippen LogP contribution in [0.15, 0.2) is 77.2 Å². The first-order valence-corrected chi connectivity index (χ1v) is 9.56. The second-order valence-electron chi connectivity index (χ2n) is 6.97. The molecule has 142 valence electrons. The third-order valence-electron chi connectivity index (χ3n) is 4.95. The van der Waals surface area contributed by atoms with E-state index >= 15 is 0 Å². The maximum absolute atomic E-state index is 9.48. The highest BCUT2D eigenvalue weighted by Gasteiger charge is 2.16. The molecule has 3 aromatic carbocycles. The zero-order valence-electron chi connectivity index (χ0n) is 16.0. The van der Waals surface area contributed by atoms with Crippen LogP contribution in [0.3, 0.4) is 0 Å². The summed E-state index contributed by atoms with van der Waals surface area (Å²) in [6.07, 6.45) is 0. The highest BCUT2D eigenvalue weighted by atomic mass is 16.4. The molecule has 4 nitrogen and oxygen atoms in total. The molecular formula is C24H24N2O2. The van der Waals surface area contributed by atoms with Gasteiger partial charge in [0.1, 0.15) is 5.76 Å². The van der Waals surface area contributed by atoms with Crippen LogP contribution in [0, 0.1) is 6.92 Å². The van der Waals surface area contributed by atoms with Gasteiger partial charge in [0, 0.05) is 25.2 Å². The van der Waals surface area contributed by atoms with Crippen molar-refractivity contribution in [3.63, 3.8) is 0 Å². The third-order valence-corrected chi connectivity index (χ3v) is 4.95. The fraction of sp³-hybridized carbons (Fsp3) is 0.208. The van der Waals surface area contributed by atoms with Crippen LogP contribution in [0.2, 0.25) is 0 Å². The fourth-order valence-electron chi connectivity index (χ4n) is 3.51. The lowest BCUT2D eigenvalue weighted by Gasteiger charge is -2.20. The number of oxazole rings is 1. The van der Waals surface area contributed by atoms with E-state index in [9.17, 15) is 5.11 Å². The van der Waals surface area contributed by atoms with Crippen molar-refractivity contribution in [2.45, 2.75) is 20.0 Å². The van der Waals surface area contributed by atoms with Crippen LogP contribution in [0.5, 0.6) is 0 Å². The van der Waals surface area contributed by atoms with E-state index in [1.807, 2.05) is 49.4 Å². The zero-order chi connectivity index (χ0) is 19.3. The van der Waals surface area contributed by atoms with Crippen LogP contribution in [0.4, 0.5) is 0 Å². The zero-order valence-corrected chi connectivity index (χ0v) is 16.0. The van der Waals surface area contributed by atoms with Gasteiger partial charge >= 0.3 is 0 Å². The lowest BCUT2D eigenvalue weighted by molar-refractivity contribution is 0.182. The molecule has 1 aromatic heterocycles. The summed E-state index contributed by atoms with van der Waals surface area (Å²) in [5, 5.41) is 11.8. The Hall–Kier alpha value is -2.95. The van der Waals surface area contributed by atoms with Gasteiger partial charge in [0.15, 0.2) is 0 Å². The number of aliphatic hydroxyl groups is 1. The normalized spacial score (nSPS) is 11.4. The fourth-order valence-corrected chi connectivity index (χ4v) is 3.51. The van der Waals surface area contributed by atoms with E-state index < -0.39 is 0 Å². The Morgan fingerprint density at radius 3 is 2.46 bits per heavy atom. The molecular weight excluding hydrogens is 348 g/mol. The second kappa shape index (κ2) is 8.38. The number of fused-ring (bicyclic) bond motifs is 1. The van der Waals surface area contributed by atoms with E-state index in [4.69, 9.17) is 9.40 Å². The highest BCUT2D eigenvalue weighted by Crippen LogP contribution is 2.29. The molecule has 0 bridgehead atoms. The van der Waals surface area contributed by atoms with Gasteiger partial charge in [-0.05, 0) is 29.3 Å². The SMILES string of the molecule is Cc1oc(-c2cccc3ccccc23)nc1CN(CCO)Cc1ccccc1. The molecule has 0 radical (unpaired) electrons. The smallest absolute Gasteiger partial charge is 0.227 e. The molecule has 0 amide bonds. The maximum Gasteiger partial charge on any atom is 0.227 e. The summed E-state index contributed by atoms with van der Waals surface area (Å²) < 4.78 is 6.04. The number of aliphatic hydroxyl groups excluding tert-OH is 1. The molecule has 0 saturated carbocycles. The van der Waals surface area contributed by atoms with Crippen molar-refractivity contribution in [3.05, 3.63) is 89.8 Å². The Bertz CT molecular complexity index is 1050. The number of benzene rings is 3. The van der Waals surface area contributed by atoms with Gasteiger partial charge < -0.3 is 9.52 Å². The highest BCUT2D eigenvalue weighted by molar-refractivity contribution is 5.94. The van der Waals surface area contributed by atoms with Crippen molar-refractivity contribution in [2.75, 3.05) is 13.2 Å². The van der Waals surface area contributed by atoms with E-state index in [1.165, 1.54) is 10.9 Å². The van der Waals surface area contributed by atoms with Gasteiger partial charge in [-0.1, -0.05) is 66.7 Å². The van der Waals surface area contributed by atoms with Crippen molar-refractivity contribution in [1.29, 1.82) is 0 Å². The van der Waals surface area contributed by atoms with Crippen LogP contribution in [0.1, 0.15) is 17.0 Å². The standard InChI is InChI=1S/C24H24N2O2/c1-18-23(17-26(14-15-27)16-19-8-3-2-4-9-19)25-24(28-18)22-13-7-11-20-10-5-6-12-21(20)22/h2-13,27H,14-17H2,1H3. The van der Waals surface area contributed by atoms with E-state index in [0.29, 0.717) is 19.0 Å². The maximum atomic E-state index is 9.48. The predicted molar refractivity (Wildman–Crippen MR) is 112 cm³/mol. The summed E-state index contributed by atoms with van der Waals surface area (Å²) in [6.45, 7) is 4.05. The Balaban J connectivity index is 1.61. The van der Waals surface area contributed by atoms with Gasteiger partial charge in [-0.15, -0.1) is 0 Å². The van der Waals surface area contributed by atoms with Crippen LogP contribution in [-0.4, -0.2) is 28.1 Å². The molecule has 0 fully saturated rings. The van der Waals surface area contributed by atoms with E-state index in [2.05, 4.69) is 35.2 Å². The Morgan fingerprint density at radius 2 is 1.64 bits per heavy atom. The van der Waals surface area contributed by atoms with Crippen molar-refractivity contribution in [3.8, 4) is 11.5 Å². The molecule has 4 heteroatoms. The van der Waals surface area contributed by atoms with Crippen LogP contribution < -0.4 is 0 Å². The van der Waals surface area contributed by atoms with Crippen molar-refractivity contribution in [2.24, 2.45) is 0 Å². The molecule has 0 aliphatic carbocycles. The van der Waals surface area contributed by atoms with Gasteiger partial charge in [0.25, 0.3) is 0 Å². The molecule has 0 saturated heterocycles. The molecule has 1 N–H and O–H groups in total. The van der Waals surface area contributed by atoms with Crippen LogP contribution in [-0.2, 0) is 13.1 Å². The van der Waals surface area contributed by atoms with Crippen molar-refractivity contribution < 1.29 is 9.52 Å². The summed E-state index contributed by atoms with van der Waals surface area (Å²) in [5.74, 6) is 1.46. The Morgan fingerprint density at radius 1 is 0.893 bits per heavy atom. The first-order chi connectivity index (χ1) is 13.7. The van der Waals surface area contributed by atoms with E-state index in [0.717, 1.165) is 28.9 Å². The van der Waals surface area contributed by atoms with Gasteiger partial charge in [-0.2, -0.15) is 0 Å². The largest absolute Gasteiger partial charge is 0.441 e. The molecule has 0 atom stereocenters. The second-order valence-corrected chi connectivity index (χ2v) is 6.97. The quantitative estimate of drug-likeness (QED) is 0.506. The van der Waals surface area contributed by atoms with Crippen molar-refractivity contribution in [1.82, 2.24) is 9.88 Å². The lowest BCUT2D eigenvalue weighted by atomic mass is 10.0. The molecule has 28 heavy (non-hydrogen) atoms. The summed E-state index contributed by atoms with van der Waals surface area (Å²) in [4.78, 5) is 6.99. The minimum Gasteiger partial charge on any atom is -0.441 e. The Labute approximate surface area is 165 Å². The van der Waals surface area contributed by atoms with Crippen LogP contribution in [0.25, 0.3) is 22.2 Å². The summed E-state index contributed by atoms with van der Waals surface area (Å²) in [7, 11) is 0. The van der Waals surface area contributed by atoms with Gasteiger partial charge in [0.05, 0.1) is 12.3 Å². The lowest BCUT2D eigenvalue weighted by Crippen LogP contribution is -2.26. The first-order valence-electron chi connectivity index (χ1n) is 9.56. The Kier molecular flexibility index (Phi) is 5.51. The molecule has 0 spiro atoms. The van der Waals surface area contributed by atoms with Crippen LogP contribution >= 0.6 is 0 Å². The molecule has 0 aliphatic rings. The van der Waals surface area contributed by atoms with E-state index in [-0.39, 0.29) is 6.61 Å². The molecule has 1 heterocycles. The number of aromatic nitrogens is 1. The third kappa shape index (κ3) is 3.98. The number of hydrogen-bond donors (Lipinski definition) is 1. The topological polar surface area (TPSA) is 49.5 Å². The van der Waals surface area contributed by atoms with Gasteiger partial charge in [0.2, 0.25) is 5.89 Å². The number of hydrogen-bond acceptors (Lipinski definition) is 4. The monoisotopic (exact) mass is 372 g/mol. The average molecular weight is 372 g/mol. The number of rotatable bonds is 7. The van der Waals surface area contributed by atoms with E-state index in [1.54, 1.807) is 0 Å². The summed E-state index contributed by atoms with van der Waals surface area (Å²) >= 11 is 0. The minimum absolute atomic E-state index is 0.111. The first kappa shape index (κ1) is 18.4.